The molecule has 0 spiro atoms. The molecule has 6 heteroatoms. The largest absolute Gasteiger partial charge is 0.349 e. The number of benzene rings is 2. The molecular weight excluding hydrogens is 355 g/mol. The maximum Gasteiger partial charge on any atom is 0.253 e. The molecule has 5 nitrogen and oxygen atoms in total. The summed E-state index contributed by atoms with van der Waals surface area (Å²) in [4.78, 5) is 8.28. The SMILES string of the molecule is CC(c1ccc(-c2ccccc2)c(F)c1)c1cc(N=C(N(C)C)N(C)C)on1. The summed E-state index contributed by atoms with van der Waals surface area (Å²) < 4.78 is 20.1. The van der Waals surface area contributed by atoms with Crippen LogP contribution in [0.1, 0.15) is 24.1 Å². The van der Waals surface area contributed by atoms with E-state index in [2.05, 4.69) is 10.1 Å². The Morgan fingerprint density at radius 3 is 2.29 bits per heavy atom. The van der Waals surface area contributed by atoms with Crippen molar-refractivity contribution in [3.05, 3.63) is 71.7 Å². The van der Waals surface area contributed by atoms with E-state index < -0.39 is 0 Å². The van der Waals surface area contributed by atoms with Gasteiger partial charge in [-0.1, -0.05) is 54.5 Å². The van der Waals surface area contributed by atoms with E-state index in [-0.39, 0.29) is 11.7 Å². The Balaban J connectivity index is 1.85. The number of nitrogens with zero attached hydrogens (tertiary/aromatic N) is 4. The second kappa shape index (κ2) is 8.25. The van der Waals surface area contributed by atoms with Crippen molar-refractivity contribution >= 4 is 11.8 Å². The van der Waals surface area contributed by atoms with Crippen molar-refractivity contribution in [2.45, 2.75) is 12.8 Å². The summed E-state index contributed by atoms with van der Waals surface area (Å²) in [5, 5.41) is 4.13. The van der Waals surface area contributed by atoms with Crippen LogP contribution >= 0.6 is 0 Å². The smallest absolute Gasteiger partial charge is 0.253 e. The number of hydrogen-bond acceptors (Lipinski definition) is 3. The van der Waals surface area contributed by atoms with Crippen LogP contribution in [0.4, 0.5) is 10.3 Å². The summed E-state index contributed by atoms with van der Waals surface area (Å²) in [7, 11) is 7.65. The van der Waals surface area contributed by atoms with E-state index in [1.807, 2.05) is 87.4 Å². The first-order chi connectivity index (χ1) is 13.4. The molecule has 1 atom stereocenters. The molecule has 2 aromatic carbocycles. The first-order valence-corrected chi connectivity index (χ1v) is 9.11. The summed E-state index contributed by atoms with van der Waals surface area (Å²) in [5.41, 5.74) is 2.99. The second-order valence-electron chi connectivity index (χ2n) is 7.12. The fourth-order valence-electron chi connectivity index (χ4n) is 3.06. The van der Waals surface area contributed by atoms with Gasteiger partial charge in [-0.15, -0.1) is 0 Å². The summed E-state index contributed by atoms with van der Waals surface area (Å²) in [6, 6.07) is 16.6. The van der Waals surface area contributed by atoms with E-state index in [0.717, 1.165) is 17.1 Å². The van der Waals surface area contributed by atoms with E-state index in [0.29, 0.717) is 17.1 Å². The number of halogens is 1. The van der Waals surface area contributed by atoms with Gasteiger partial charge in [-0.3, -0.25) is 0 Å². The van der Waals surface area contributed by atoms with Gasteiger partial charge in [0.05, 0.1) is 5.69 Å². The van der Waals surface area contributed by atoms with Crippen LogP contribution in [0.5, 0.6) is 0 Å². The third-order valence-electron chi connectivity index (χ3n) is 4.55. The Labute approximate surface area is 165 Å². The summed E-state index contributed by atoms with van der Waals surface area (Å²) in [5.74, 6) is 0.795. The predicted octanol–water partition coefficient (Wildman–Crippen LogP) is 4.74. The van der Waals surface area contributed by atoms with Crippen molar-refractivity contribution in [2.24, 2.45) is 4.99 Å². The molecule has 0 saturated carbocycles. The molecule has 1 unspecified atom stereocenters. The molecule has 28 heavy (non-hydrogen) atoms. The molecule has 0 bridgehead atoms. The minimum atomic E-state index is -0.250. The van der Waals surface area contributed by atoms with Crippen LogP contribution in [0.25, 0.3) is 11.1 Å². The molecule has 0 fully saturated rings. The summed E-state index contributed by atoms with van der Waals surface area (Å²) in [6.45, 7) is 1.97. The van der Waals surface area contributed by atoms with Crippen LogP contribution in [0.15, 0.2) is 64.1 Å². The van der Waals surface area contributed by atoms with Crippen LogP contribution in [-0.4, -0.2) is 49.1 Å². The lowest BCUT2D eigenvalue weighted by Crippen LogP contribution is -2.35. The molecule has 0 radical (unpaired) electrons. The van der Waals surface area contributed by atoms with E-state index in [1.54, 1.807) is 12.1 Å². The van der Waals surface area contributed by atoms with Crippen molar-refractivity contribution < 1.29 is 8.91 Å². The second-order valence-corrected chi connectivity index (χ2v) is 7.12. The van der Waals surface area contributed by atoms with Gasteiger partial charge in [0.1, 0.15) is 5.82 Å². The zero-order valence-electron chi connectivity index (χ0n) is 16.8. The van der Waals surface area contributed by atoms with Crippen LogP contribution in [0.3, 0.4) is 0 Å². The van der Waals surface area contributed by atoms with Gasteiger partial charge in [-0.2, -0.15) is 4.99 Å². The van der Waals surface area contributed by atoms with Crippen molar-refractivity contribution in [1.29, 1.82) is 0 Å². The molecule has 0 aliphatic carbocycles. The van der Waals surface area contributed by atoms with Gasteiger partial charge < -0.3 is 14.3 Å². The molecular formula is C22H25FN4O. The van der Waals surface area contributed by atoms with E-state index in [9.17, 15) is 4.39 Å². The lowest BCUT2D eigenvalue weighted by molar-refractivity contribution is 0.414. The number of hydrogen-bond donors (Lipinski definition) is 0. The maximum absolute atomic E-state index is 14.7. The zero-order chi connectivity index (χ0) is 20.3. The van der Waals surface area contributed by atoms with Gasteiger partial charge in [0.15, 0.2) is 0 Å². The van der Waals surface area contributed by atoms with Crippen LogP contribution in [0, 0.1) is 5.82 Å². The molecule has 3 rings (SSSR count). The highest BCUT2D eigenvalue weighted by atomic mass is 19.1. The average Bonchev–Trinajstić information content (AvgIpc) is 3.14. The van der Waals surface area contributed by atoms with Gasteiger partial charge in [-0.05, 0) is 17.2 Å². The third-order valence-corrected chi connectivity index (χ3v) is 4.55. The number of rotatable bonds is 4. The van der Waals surface area contributed by atoms with Crippen molar-refractivity contribution in [3.8, 4) is 11.1 Å². The predicted molar refractivity (Wildman–Crippen MR) is 110 cm³/mol. The highest BCUT2D eigenvalue weighted by Crippen LogP contribution is 2.30. The molecule has 0 N–H and O–H groups in total. The number of guanidine groups is 1. The standard InChI is InChI=1S/C22H25FN4O/c1-15(20-14-21(28-25-20)24-22(26(2)3)27(4)5)17-11-12-18(19(23)13-17)16-9-7-6-8-10-16/h6-15H,1-5H3. The first kappa shape index (κ1) is 19.6. The van der Waals surface area contributed by atoms with Crippen LogP contribution in [-0.2, 0) is 0 Å². The fourth-order valence-corrected chi connectivity index (χ4v) is 3.06. The normalized spacial score (nSPS) is 11.8. The zero-order valence-corrected chi connectivity index (χ0v) is 16.8. The first-order valence-electron chi connectivity index (χ1n) is 9.11. The Kier molecular flexibility index (Phi) is 5.78. The molecule has 3 aromatic rings. The van der Waals surface area contributed by atoms with E-state index >= 15 is 0 Å². The van der Waals surface area contributed by atoms with Crippen LogP contribution in [0.2, 0.25) is 0 Å². The van der Waals surface area contributed by atoms with Gasteiger partial charge in [0.25, 0.3) is 5.88 Å². The Bertz CT molecular complexity index is 954. The van der Waals surface area contributed by atoms with Crippen molar-refractivity contribution in [2.75, 3.05) is 28.2 Å². The number of aromatic nitrogens is 1. The lowest BCUT2D eigenvalue weighted by Gasteiger charge is -2.21. The van der Waals surface area contributed by atoms with Gasteiger partial charge in [0, 0.05) is 45.7 Å². The molecule has 146 valence electrons. The van der Waals surface area contributed by atoms with Crippen molar-refractivity contribution in [3.63, 3.8) is 0 Å². The third kappa shape index (κ3) is 4.22. The lowest BCUT2D eigenvalue weighted by atomic mass is 9.95. The Morgan fingerprint density at radius 2 is 1.68 bits per heavy atom. The number of aliphatic imine (C=N–C) groups is 1. The van der Waals surface area contributed by atoms with Gasteiger partial charge >= 0.3 is 0 Å². The summed E-state index contributed by atoms with van der Waals surface area (Å²) >= 11 is 0. The van der Waals surface area contributed by atoms with Crippen LogP contribution < -0.4 is 0 Å². The molecule has 0 saturated heterocycles. The van der Waals surface area contributed by atoms with Gasteiger partial charge in [-0.25, -0.2) is 4.39 Å². The molecule has 0 amide bonds. The fraction of sp³-hybridized carbons (Fsp3) is 0.273. The monoisotopic (exact) mass is 380 g/mol. The average molecular weight is 380 g/mol. The molecule has 1 heterocycles. The molecule has 0 aliphatic rings. The Hall–Kier alpha value is -3.15. The maximum atomic E-state index is 14.7. The highest BCUT2D eigenvalue weighted by molar-refractivity contribution is 5.81. The molecule has 0 aliphatic heterocycles. The topological polar surface area (TPSA) is 44.9 Å². The van der Waals surface area contributed by atoms with Crippen molar-refractivity contribution in [1.82, 2.24) is 15.0 Å². The molecule has 1 aromatic heterocycles. The minimum Gasteiger partial charge on any atom is -0.349 e. The Morgan fingerprint density at radius 1 is 1.00 bits per heavy atom. The summed E-state index contributed by atoms with van der Waals surface area (Å²) in [6.07, 6.45) is 0. The van der Waals surface area contributed by atoms with E-state index in [4.69, 9.17) is 4.52 Å². The highest BCUT2D eigenvalue weighted by Gasteiger charge is 2.17. The minimum absolute atomic E-state index is 0.116. The van der Waals surface area contributed by atoms with Gasteiger partial charge in [0.2, 0.25) is 5.96 Å². The van der Waals surface area contributed by atoms with E-state index in [1.165, 1.54) is 0 Å². The quantitative estimate of drug-likeness (QED) is 0.484.